The molecule has 26 heavy (non-hydrogen) atoms. The van der Waals surface area contributed by atoms with Gasteiger partial charge in [0, 0.05) is 30.7 Å². The highest BCUT2D eigenvalue weighted by molar-refractivity contribution is 7.18. The highest BCUT2D eigenvalue weighted by Gasteiger charge is 2.23. The Morgan fingerprint density at radius 2 is 2.00 bits per heavy atom. The topological polar surface area (TPSA) is 78.9 Å². The quantitative estimate of drug-likeness (QED) is 0.673. The van der Waals surface area contributed by atoms with Crippen LogP contribution in [0.1, 0.15) is 29.5 Å². The van der Waals surface area contributed by atoms with Gasteiger partial charge >= 0.3 is 5.69 Å². The summed E-state index contributed by atoms with van der Waals surface area (Å²) in [5, 5.41) is 0.702. The lowest BCUT2D eigenvalue weighted by Crippen LogP contribution is -2.39. The molecule has 136 valence electrons. The van der Waals surface area contributed by atoms with Crippen molar-refractivity contribution in [2.24, 2.45) is 20.0 Å². The summed E-state index contributed by atoms with van der Waals surface area (Å²) in [6.07, 6.45) is 4.50. The standard InChI is InChI=1S/C18H20N4O3S/c1-10-4-5-12-13(6-10)26-16-15(12)17(24)22(9-19-16)8-11-7-14(23)21(3)18(25)20(11)2/h7,9-10H,4-6,8H2,1-3H3. The second kappa shape index (κ2) is 6.05. The second-order valence-electron chi connectivity index (χ2n) is 7.08. The molecule has 0 spiro atoms. The summed E-state index contributed by atoms with van der Waals surface area (Å²) in [5.74, 6) is 0.632. The second-order valence-corrected chi connectivity index (χ2v) is 8.17. The van der Waals surface area contributed by atoms with Crippen molar-refractivity contribution < 1.29 is 0 Å². The van der Waals surface area contributed by atoms with Gasteiger partial charge in [0.1, 0.15) is 4.83 Å². The first-order valence-electron chi connectivity index (χ1n) is 8.62. The maximum atomic E-state index is 13.1. The Bertz CT molecular complexity index is 1200. The van der Waals surface area contributed by atoms with E-state index >= 15 is 0 Å². The first-order chi connectivity index (χ1) is 12.4. The number of thiophene rings is 1. The van der Waals surface area contributed by atoms with Crippen LogP contribution in [0.3, 0.4) is 0 Å². The molecular formula is C18H20N4O3S. The maximum Gasteiger partial charge on any atom is 0.330 e. The van der Waals surface area contributed by atoms with E-state index in [1.165, 1.54) is 33.5 Å². The van der Waals surface area contributed by atoms with Crippen molar-refractivity contribution in [3.8, 4) is 0 Å². The molecule has 7 nitrogen and oxygen atoms in total. The van der Waals surface area contributed by atoms with E-state index in [1.807, 2.05) is 0 Å². The lowest BCUT2D eigenvalue weighted by atomic mass is 9.89. The van der Waals surface area contributed by atoms with Crippen LogP contribution >= 0.6 is 11.3 Å². The van der Waals surface area contributed by atoms with Crippen LogP contribution in [0, 0.1) is 5.92 Å². The minimum absolute atomic E-state index is 0.102. The smallest absolute Gasteiger partial charge is 0.299 e. The first kappa shape index (κ1) is 17.0. The highest BCUT2D eigenvalue weighted by Crippen LogP contribution is 2.35. The van der Waals surface area contributed by atoms with Gasteiger partial charge in [0.05, 0.1) is 18.3 Å². The molecule has 1 aliphatic carbocycles. The number of aryl methyl sites for hydroxylation is 1. The molecule has 0 bridgehead atoms. The third kappa shape index (κ3) is 2.56. The van der Waals surface area contributed by atoms with Gasteiger partial charge in [0.15, 0.2) is 0 Å². The van der Waals surface area contributed by atoms with E-state index in [-0.39, 0.29) is 17.7 Å². The molecule has 8 heteroatoms. The highest BCUT2D eigenvalue weighted by atomic mass is 32.1. The van der Waals surface area contributed by atoms with E-state index in [4.69, 9.17) is 0 Å². The Labute approximate surface area is 153 Å². The lowest BCUT2D eigenvalue weighted by molar-refractivity contribution is 0.509. The van der Waals surface area contributed by atoms with Crippen molar-refractivity contribution in [3.63, 3.8) is 0 Å². The van der Waals surface area contributed by atoms with Gasteiger partial charge in [0.2, 0.25) is 0 Å². The number of fused-ring (bicyclic) bond motifs is 3. The van der Waals surface area contributed by atoms with E-state index in [0.29, 0.717) is 17.0 Å². The number of rotatable bonds is 2. The van der Waals surface area contributed by atoms with Crippen molar-refractivity contribution in [2.45, 2.75) is 32.7 Å². The Morgan fingerprint density at radius 3 is 2.77 bits per heavy atom. The molecule has 0 fully saturated rings. The fourth-order valence-corrected chi connectivity index (χ4v) is 4.92. The maximum absolute atomic E-state index is 13.1. The normalized spacial score (nSPS) is 16.8. The van der Waals surface area contributed by atoms with Crippen molar-refractivity contribution in [2.75, 3.05) is 0 Å². The Hall–Kier alpha value is -2.48. The third-order valence-electron chi connectivity index (χ3n) is 5.24. The molecule has 3 heterocycles. The third-order valence-corrected chi connectivity index (χ3v) is 6.40. The van der Waals surface area contributed by atoms with Gasteiger partial charge < -0.3 is 0 Å². The van der Waals surface area contributed by atoms with Crippen molar-refractivity contribution in [1.82, 2.24) is 18.7 Å². The Morgan fingerprint density at radius 1 is 1.23 bits per heavy atom. The van der Waals surface area contributed by atoms with Gasteiger partial charge in [-0.1, -0.05) is 6.92 Å². The monoisotopic (exact) mass is 372 g/mol. The zero-order valence-corrected chi connectivity index (χ0v) is 15.8. The van der Waals surface area contributed by atoms with Crippen molar-refractivity contribution >= 4 is 21.6 Å². The SMILES string of the molecule is CC1CCc2c(sc3ncn(Cc4cc(=O)n(C)c(=O)n4C)c(=O)c23)C1. The Balaban J connectivity index is 1.84. The molecule has 1 aliphatic rings. The molecule has 3 aromatic heterocycles. The summed E-state index contributed by atoms with van der Waals surface area (Å²) in [5.41, 5.74) is 0.727. The summed E-state index contributed by atoms with van der Waals surface area (Å²) in [7, 11) is 3.04. The van der Waals surface area contributed by atoms with Gasteiger partial charge in [-0.3, -0.25) is 23.3 Å². The zero-order valence-electron chi connectivity index (χ0n) is 15.0. The van der Waals surface area contributed by atoms with Crippen LogP contribution in [0.25, 0.3) is 10.2 Å². The summed E-state index contributed by atoms with van der Waals surface area (Å²) in [6, 6.07) is 1.39. The molecule has 0 saturated carbocycles. The molecule has 0 radical (unpaired) electrons. The molecule has 4 rings (SSSR count). The van der Waals surface area contributed by atoms with Gasteiger partial charge in [-0.15, -0.1) is 11.3 Å². The molecular weight excluding hydrogens is 352 g/mol. The van der Waals surface area contributed by atoms with Crippen LogP contribution in [0.4, 0.5) is 0 Å². The molecule has 0 N–H and O–H groups in total. The van der Waals surface area contributed by atoms with Crippen LogP contribution in [-0.2, 0) is 33.5 Å². The average Bonchev–Trinajstić information content (AvgIpc) is 2.98. The molecule has 0 aromatic carbocycles. The van der Waals surface area contributed by atoms with Crippen molar-refractivity contribution in [1.29, 1.82) is 0 Å². The number of aromatic nitrogens is 4. The molecule has 0 amide bonds. The van der Waals surface area contributed by atoms with Gasteiger partial charge in [-0.25, -0.2) is 9.78 Å². The van der Waals surface area contributed by atoms with Gasteiger partial charge in [-0.2, -0.15) is 0 Å². The predicted octanol–water partition coefficient (Wildman–Crippen LogP) is 1.03. The molecule has 0 aliphatic heterocycles. The molecule has 3 aromatic rings. The van der Waals surface area contributed by atoms with Gasteiger partial charge in [0.25, 0.3) is 11.1 Å². The fourth-order valence-electron chi connectivity index (χ4n) is 3.58. The summed E-state index contributed by atoms with van der Waals surface area (Å²) in [4.78, 5) is 43.6. The van der Waals surface area contributed by atoms with E-state index in [0.717, 1.165) is 34.2 Å². The van der Waals surface area contributed by atoms with Crippen molar-refractivity contribution in [3.05, 3.63) is 59.7 Å². The number of hydrogen-bond donors (Lipinski definition) is 0. The van der Waals surface area contributed by atoms with E-state index in [9.17, 15) is 14.4 Å². The zero-order chi connectivity index (χ0) is 18.6. The molecule has 1 atom stereocenters. The van der Waals surface area contributed by atoms with Crippen LogP contribution in [0.5, 0.6) is 0 Å². The molecule has 1 unspecified atom stereocenters. The summed E-state index contributed by atoms with van der Waals surface area (Å²) >= 11 is 1.61. The van der Waals surface area contributed by atoms with Crippen LogP contribution < -0.4 is 16.8 Å². The van der Waals surface area contributed by atoms with E-state index in [2.05, 4.69) is 11.9 Å². The largest absolute Gasteiger partial charge is 0.330 e. The summed E-state index contributed by atoms with van der Waals surface area (Å²) in [6.45, 7) is 2.38. The summed E-state index contributed by atoms with van der Waals surface area (Å²) < 4.78 is 3.93. The molecule has 0 saturated heterocycles. The fraction of sp³-hybridized carbons (Fsp3) is 0.444. The lowest BCUT2D eigenvalue weighted by Gasteiger charge is -2.17. The van der Waals surface area contributed by atoms with Crippen LogP contribution in [0.15, 0.2) is 26.8 Å². The number of hydrogen-bond acceptors (Lipinski definition) is 5. The Kier molecular flexibility index (Phi) is 3.95. The van der Waals surface area contributed by atoms with Crippen LogP contribution in [-0.4, -0.2) is 18.7 Å². The number of nitrogens with zero attached hydrogens (tertiary/aromatic N) is 4. The first-order valence-corrected chi connectivity index (χ1v) is 9.44. The average molecular weight is 372 g/mol. The van der Waals surface area contributed by atoms with E-state index < -0.39 is 5.69 Å². The van der Waals surface area contributed by atoms with E-state index in [1.54, 1.807) is 18.4 Å². The minimum Gasteiger partial charge on any atom is -0.299 e. The minimum atomic E-state index is -0.406. The van der Waals surface area contributed by atoms with Crippen LogP contribution in [0.2, 0.25) is 0 Å². The van der Waals surface area contributed by atoms with Gasteiger partial charge in [-0.05, 0) is 30.7 Å². The predicted molar refractivity (Wildman–Crippen MR) is 101 cm³/mol.